The number of rotatable bonds is 6. The van der Waals surface area contributed by atoms with Crippen LogP contribution in [-0.2, 0) is 4.79 Å². The minimum atomic E-state index is -0.177. The van der Waals surface area contributed by atoms with E-state index < -0.39 is 0 Å². The van der Waals surface area contributed by atoms with Gasteiger partial charge in [0.2, 0.25) is 0 Å². The molecule has 0 aromatic heterocycles. The van der Waals surface area contributed by atoms with Crippen molar-refractivity contribution in [2.45, 2.75) is 37.6 Å². The highest BCUT2D eigenvalue weighted by Gasteiger charge is 2.17. The molecule has 0 aliphatic heterocycles. The molecule has 1 aromatic rings. The lowest BCUT2D eigenvalue weighted by atomic mass is 10.0. The van der Waals surface area contributed by atoms with E-state index in [1.165, 1.54) is 4.90 Å². The van der Waals surface area contributed by atoms with Gasteiger partial charge in [-0.3, -0.25) is 4.79 Å². The van der Waals surface area contributed by atoms with Crippen molar-refractivity contribution in [1.29, 1.82) is 0 Å². The standard InChI is InChI=1S/C14H21NO2S/c1-5-14(2,3)15-13(16)10-17-11-6-8-12(18-4)9-7-11/h6-9H,5,10H2,1-4H3,(H,15,16). The molecule has 0 aliphatic carbocycles. The number of carbonyl (C=O) groups is 1. The molecule has 0 unspecified atom stereocenters. The number of ether oxygens (including phenoxy) is 1. The minimum absolute atomic E-state index is 0.0576. The van der Waals surface area contributed by atoms with Gasteiger partial charge in [-0.15, -0.1) is 11.8 Å². The number of amides is 1. The van der Waals surface area contributed by atoms with E-state index in [0.717, 1.165) is 12.2 Å². The molecule has 0 aliphatic rings. The fraction of sp³-hybridized carbons (Fsp3) is 0.500. The lowest BCUT2D eigenvalue weighted by Gasteiger charge is -2.24. The third-order valence-electron chi connectivity index (χ3n) is 2.79. The number of thioether (sulfide) groups is 1. The summed E-state index contributed by atoms with van der Waals surface area (Å²) in [6, 6.07) is 7.72. The fourth-order valence-electron chi connectivity index (χ4n) is 1.32. The van der Waals surface area contributed by atoms with Gasteiger partial charge in [0.25, 0.3) is 5.91 Å². The molecule has 0 fully saturated rings. The van der Waals surface area contributed by atoms with E-state index in [4.69, 9.17) is 4.74 Å². The third-order valence-corrected chi connectivity index (χ3v) is 3.53. The van der Waals surface area contributed by atoms with E-state index in [0.29, 0.717) is 0 Å². The highest BCUT2D eigenvalue weighted by atomic mass is 32.2. The summed E-state index contributed by atoms with van der Waals surface area (Å²) in [6.07, 6.45) is 2.91. The van der Waals surface area contributed by atoms with Crippen LogP contribution in [0.3, 0.4) is 0 Å². The average Bonchev–Trinajstić information content (AvgIpc) is 2.36. The van der Waals surface area contributed by atoms with E-state index in [9.17, 15) is 4.79 Å². The molecule has 0 saturated carbocycles. The molecule has 0 spiro atoms. The lowest BCUT2D eigenvalue weighted by Crippen LogP contribution is -2.44. The predicted molar refractivity (Wildman–Crippen MR) is 76.2 cm³/mol. The second-order valence-electron chi connectivity index (χ2n) is 4.75. The number of hydrogen-bond donors (Lipinski definition) is 1. The van der Waals surface area contributed by atoms with Crippen LogP contribution < -0.4 is 10.1 Å². The van der Waals surface area contributed by atoms with E-state index in [2.05, 4.69) is 5.32 Å². The van der Waals surface area contributed by atoms with Crippen molar-refractivity contribution in [2.24, 2.45) is 0 Å². The van der Waals surface area contributed by atoms with Gasteiger partial charge in [-0.25, -0.2) is 0 Å². The SMILES string of the molecule is CCC(C)(C)NC(=O)COc1ccc(SC)cc1. The molecular weight excluding hydrogens is 246 g/mol. The Morgan fingerprint density at radius 1 is 1.33 bits per heavy atom. The van der Waals surface area contributed by atoms with Crippen LogP contribution in [0.4, 0.5) is 0 Å². The van der Waals surface area contributed by atoms with Crippen molar-refractivity contribution in [3.05, 3.63) is 24.3 Å². The van der Waals surface area contributed by atoms with Crippen LogP contribution in [0.1, 0.15) is 27.2 Å². The van der Waals surface area contributed by atoms with Gasteiger partial charge in [0.1, 0.15) is 5.75 Å². The van der Waals surface area contributed by atoms with Crippen LogP contribution in [0.5, 0.6) is 5.75 Å². The van der Waals surface area contributed by atoms with Crippen molar-refractivity contribution in [1.82, 2.24) is 5.32 Å². The summed E-state index contributed by atoms with van der Waals surface area (Å²) < 4.78 is 5.44. The Bertz CT molecular complexity index is 387. The molecule has 3 nitrogen and oxygen atoms in total. The molecule has 100 valence electrons. The van der Waals surface area contributed by atoms with Gasteiger partial charge in [0.05, 0.1) is 0 Å². The molecular formula is C14H21NO2S. The smallest absolute Gasteiger partial charge is 0.258 e. The highest BCUT2D eigenvalue weighted by molar-refractivity contribution is 7.98. The van der Waals surface area contributed by atoms with Gasteiger partial charge < -0.3 is 10.1 Å². The lowest BCUT2D eigenvalue weighted by molar-refractivity contribution is -0.124. The van der Waals surface area contributed by atoms with Gasteiger partial charge >= 0.3 is 0 Å². The molecule has 0 heterocycles. The Labute approximate surface area is 113 Å². The van der Waals surface area contributed by atoms with E-state index >= 15 is 0 Å². The van der Waals surface area contributed by atoms with Crippen LogP contribution in [0, 0.1) is 0 Å². The summed E-state index contributed by atoms with van der Waals surface area (Å²) in [4.78, 5) is 12.9. The van der Waals surface area contributed by atoms with Crippen molar-refractivity contribution in [3.63, 3.8) is 0 Å². The van der Waals surface area contributed by atoms with Crippen LogP contribution in [0.2, 0.25) is 0 Å². The Morgan fingerprint density at radius 2 is 1.94 bits per heavy atom. The Hall–Kier alpha value is -1.16. The minimum Gasteiger partial charge on any atom is -0.484 e. The van der Waals surface area contributed by atoms with E-state index in [1.54, 1.807) is 11.8 Å². The first kappa shape index (κ1) is 14.9. The average molecular weight is 267 g/mol. The molecule has 1 amide bonds. The Balaban J connectivity index is 2.42. The summed E-state index contributed by atoms with van der Waals surface area (Å²) >= 11 is 1.68. The summed E-state index contributed by atoms with van der Waals surface area (Å²) in [5, 5.41) is 2.93. The van der Waals surface area contributed by atoms with Crippen LogP contribution in [0.25, 0.3) is 0 Å². The quantitative estimate of drug-likeness (QED) is 0.805. The van der Waals surface area contributed by atoms with Crippen molar-refractivity contribution < 1.29 is 9.53 Å². The van der Waals surface area contributed by atoms with Crippen molar-refractivity contribution >= 4 is 17.7 Å². The number of nitrogens with one attached hydrogen (secondary N) is 1. The first-order valence-corrected chi connectivity index (χ1v) is 7.27. The second-order valence-corrected chi connectivity index (χ2v) is 5.63. The van der Waals surface area contributed by atoms with Gasteiger partial charge in [0, 0.05) is 10.4 Å². The fourth-order valence-corrected chi connectivity index (χ4v) is 1.73. The van der Waals surface area contributed by atoms with E-state index in [1.807, 2.05) is 51.3 Å². The van der Waals surface area contributed by atoms with E-state index in [-0.39, 0.29) is 18.1 Å². The molecule has 4 heteroatoms. The molecule has 1 aromatic carbocycles. The monoisotopic (exact) mass is 267 g/mol. The third kappa shape index (κ3) is 5.00. The maximum Gasteiger partial charge on any atom is 0.258 e. The second kappa shape index (κ2) is 6.69. The highest BCUT2D eigenvalue weighted by Crippen LogP contribution is 2.18. The Kier molecular flexibility index (Phi) is 5.54. The summed E-state index contributed by atoms with van der Waals surface area (Å²) in [5.41, 5.74) is -0.177. The zero-order valence-corrected chi connectivity index (χ0v) is 12.3. The predicted octanol–water partition coefficient (Wildman–Crippen LogP) is 3.09. The van der Waals surface area contributed by atoms with Crippen molar-refractivity contribution in [3.8, 4) is 5.75 Å². The Morgan fingerprint density at radius 3 is 2.44 bits per heavy atom. The first-order valence-electron chi connectivity index (χ1n) is 6.04. The molecule has 18 heavy (non-hydrogen) atoms. The van der Waals surface area contributed by atoms with Gasteiger partial charge in [-0.1, -0.05) is 6.92 Å². The molecule has 0 saturated heterocycles. The summed E-state index contributed by atoms with van der Waals surface area (Å²) in [6.45, 7) is 6.10. The maximum atomic E-state index is 11.7. The first-order chi connectivity index (χ1) is 8.46. The number of benzene rings is 1. The summed E-state index contributed by atoms with van der Waals surface area (Å²) in [7, 11) is 0. The largest absolute Gasteiger partial charge is 0.484 e. The zero-order chi connectivity index (χ0) is 13.6. The topological polar surface area (TPSA) is 38.3 Å². The molecule has 1 rings (SSSR count). The number of hydrogen-bond acceptors (Lipinski definition) is 3. The maximum absolute atomic E-state index is 11.7. The van der Waals surface area contributed by atoms with Crippen molar-refractivity contribution in [2.75, 3.05) is 12.9 Å². The molecule has 1 N–H and O–H groups in total. The molecule has 0 radical (unpaired) electrons. The van der Waals surface area contributed by atoms with Gasteiger partial charge in [-0.05, 0) is 50.8 Å². The zero-order valence-electron chi connectivity index (χ0n) is 11.4. The molecule has 0 bridgehead atoms. The number of carbonyl (C=O) groups excluding carboxylic acids is 1. The van der Waals surface area contributed by atoms with Gasteiger partial charge in [0.15, 0.2) is 6.61 Å². The van der Waals surface area contributed by atoms with Crippen LogP contribution in [0.15, 0.2) is 29.2 Å². The molecule has 0 atom stereocenters. The van der Waals surface area contributed by atoms with Gasteiger partial charge in [-0.2, -0.15) is 0 Å². The normalized spacial score (nSPS) is 11.1. The summed E-state index contributed by atoms with van der Waals surface area (Å²) in [5.74, 6) is 0.632. The van der Waals surface area contributed by atoms with Crippen LogP contribution in [-0.4, -0.2) is 24.3 Å². The van der Waals surface area contributed by atoms with Crippen LogP contribution >= 0.6 is 11.8 Å².